The van der Waals surface area contributed by atoms with Crippen molar-refractivity contribution in [3.63, 3.8) is 0 Å². The summed E-state index contributed by atoms with van der Waals surface area (Å²) in [4.78, 5) is 23.9. The number of hydrogen-bond donors (Lipinski definition) is 2. The van der Waals surface area contributed by atoms with Gasteiger partial charge in [-0.25, -0.2) is 4.79 Å². The predicted octanol–water partition coefficient (Wildman–Crippen LogP) is 0.903. The summed E-state index contributed by atoms with van der Waals surface area (Å²) in [6.07, 6.45) is -0.284. The number of amides is 1. The molecule has 0 aliphatic carbocycles. The molecule has 0 spiro atoms. The zero-order valence-electron chi connectivity index (χ0n) is 11.2. The molecule has 1 unspecified atom stereocenters. The standard InChI is InChI=1S/C12H22N2O4/c1-12(2,3)18-11(17)14-6-9(7-14)8(5-13)4-10(15)16/h8-9H,4-7,13H2,1-3H3,(H,15,16). The molecule has 1 atom stereocenters. The topological polar surface area (TPSA) is 92.9 Å². The van der Waals surface area contributed by atoms with Gasteiger partial charge in [-0.05, 0) is 39.2 Å². The third kappa shape index (κ3) is 4.18. The molecule has 3 N–H and O–H groups in total. The summed E-state index contributed by atoms with van der Waals surface area (Å²) in [7, 11) is 0. The molecule has 6 heteroatoms. The second-order valence-electron chi connectivity index (χ2n) is 5.74. The molecule has 1 aliphatic heterocycles. The highest BCUT2D eigenvalue weighted by Crippen LogP contribution is 2.27. The zero-order chi connectivity index (χ0) is 13.9. The van der Waals surface area contributed by atoms with Crippen LogP contribution in [0, 0.1) is 11.8 Å². The molecule has 1 heterocycles. The zero-order valence-corrected chi connectivity index (χ0v) is 11.2. The summed E-state index contributed by atoms with van der Waals surface area (Å²) >= 11 is 0. The molecule has 0 saturated carbocycles. The Morgan fingerprint density at radius 1 is 1.44 bits per heavy atom. The van der Waals surface area contributed by atoms with Gasteiger partial charge in [0.25, 0.3) is 0 Å². The molecule has 0 bridgehead atoms. The summed E-state index contributed by atoms with van der Waals surface area (Å²) in [5, 5.41) is 8.75. The Bertz CT molecular complexity index is 319. The van der Waals surface area contributed by atoms with E-state index in [1.807, 2.05) is 20.8 Å². The molecule has 0 aromatic carbocycles. The van der Waals surface area contributed by atoms with Gasteiger partial charge >= 0.3 is 12.1 Å². The normalized spacial score (nSPS) is 18.1. The lowest BCUT2D eigenvalue weighted by Crippen LogP contribution is -2.55. The Balaban J connectivity index is 2.38. The van der Waals surface area contributed by atoms with Crippen LogP contribution in [-0.4, -0.2) is 47.3 Å². The third-order valence-electron chi connectivity index (χ3n) is 2.97. The number of nitrogens with two attached hydrogens (primary N) is 1. The maximum atomic E-state index is 11.7. The first kappa shape index (κ1) is 14.8. The maximum absolute atomic E-state index is 11.7. The molecular formula is C12H22N2O4. The van der Waals surface area contributed by atoms with Crippen LogP contribution in [0.15, 0.2) is 0 Å². The molecule has 0 aromatic heterocycles. The third-order valence-corrected chi connectivity index (χ3v) is 2.97. The van der Waals surface area contributed by atoms with Crippen LogP contribution in [-0.2, 0) is 9.53 Å². The second-order valence-corrected chi connectivity index (χ2v) is 5.74. The fourth-order valence-electron chi connectivity index (χ4n) is 1.95. The SMILES string of the molecule is CC(C)(C)OC(=O)N1CC(C(CN)CC(=O)O)C1. The van der Waals surface area contributed by atoms with Crippen molar-refractivity contribution in [3.05, 3.63) is 0 Å². The summed E-state index contributed by atoms with van der Waals surface area (Å²) in [6.45, 7) is 6.84. The first-order valence-electron chi connectivity index (χ1n) is 6.12. The Hall–Kier alpha value is -1.30. The van der Waals surface area contributed by atoms with Crippen LogP contribution >= 0.6 is 0 Å². The lowest BCUT2D eigenvalue weighted by molar-refractivity contribution is -0.139. The number of aliphatic carboxylic acids is 1. The van der Waals surface area contributed by atoms with Gasteiger partial charge in [0.2, 0.25) is 0 Å². The molecule has 0 aromatic rings. The quantitative estimate of drug-likeness (QED) is 0.781. The highest BCUT2D eigenvalue weighted by Gasteiger charge is 2.38. The molecule has 104 valence electrons. The summed E-state index contributed by atoms with van der Waals surface area (Å²) < 4.78 is 5.22. The lowest BCUT2D eigenvalue weighted by atomic mass is 9.84. The van der Waals surface area contributed by atoms with Crippen molar-refractivity contribution < 1.29 is 19.4 Å². The number of nitrogens with zero attached hydrogens (tertiary/aromatic N) is 1. The second kappa shape index (κ2) is 5.56. The Kier molecular flexibility index (Phi) is 4.56. The van der Waals surface area contributed by atoms with Gasteiger partial charge in [0.1, 0.15) is 5.60 Å². The predicted molar refractivity (Wildman–Crippen MR) is 66.1 cm³/mol. The maximum Gasteiger partial charge on any atom is 0.410 e. The van der Waals surface area contributed by atoms with Crippen LogP contribution in [0.1, 0.15) is 27.2 Å². The van der Waals surface area contributed by atoms with Gasteiger partial charge in [-0.2, -0.15) is 0 Å². The average Bonchev–Trinajstić information content (AvgIpc) is 2.09. The van der Waals surface area contributed by atoms with Crippen LogP contribution < -0.4 is 5.73 Å². The minimum Gasteiger partial charge on any atom is -0.481 e. The van der Waals surface area contributed by atoms with E-state index in [0.717, 1.165) is 0 Å². The van der Waals surface area contributed by atoms with Gasteiger partial charge in [0.15, 0.2) is 0 Å². The molecule has 18 heavy (non-hydrogen) atoms. The van der Waals surface area contributed by atoms with Crippen LogP contribution in [0.3, 0.4) is 0 Å². The molecular weight excluding hydrogens is 236 g/mol. The molecule has 0 radical (unpaired) electrons. The van der Waals surface area contributed by atoms with Gasteiger partial charge < -0.3 is 20.5 Å². The number of rotatable bonds is 4. The minimum absolute atomic E-state index is 0.0589. The van der Waals surface area contributed by atoms with E-state index >= 15 is 0 Å². The van der Waals surface area contributed by atoms with E-state index in [1.54, 1.807) is 4.90 Å². The van der Waals surface area contributed by atoms with E-state index in [-0.39, 0.29) is 24.3 Å². The summed E-state index contributed by atoms with van der Waals surface area (Å²) in [5.41, 5.74) is 5.05. The van der Waals surface area contributed by atoms with E-state index in [0.29, 0.717) is 19.6 Å². The molecule has 1 aliphatic rings. The summed E-state index contributed by atoms with van der Waals surface area (Å²) in [5.74, 6) is -0.749. The Morgan fingerprint density at radius 3 is 2.39 bits per heavy atom. The van der Waals surface area contributed by atoms with Crippen LogP contribution in [0.2, 0.25) is 0 Å². The van der Waals surface area contributed by atoms with Crippen molar-refractivity contribution in [1.29, 1.82) is 0 Å². The minimum atomic E-state index is -0.846. The van der Waals surface area contributed by atoms with E-state index in [9.17, 15) is 9.59 Å². The molecule has 6 nitrogen and oxygen atoms in total. The number of hydrogen-bond acceptors (Lipinski definition) is 4. The molecule has 1 fully saturated rings. The van der Waals surface area contributed by atoms with Gasteiger partial charge in [0.05, 0.1) is 0 Å². The van der Waals surface area contributed by atoms with Crippen molar-refractivity contribution in [2.24, 2.45) is 17.6 Å². The monoisotopic (exact) mass is 258 g/mol. The fourth-order valence-corrected chi connectivity index (χ4v) is 1.95. The summed E-state index contributed by atoms with van der Waals surface area (Å²) in [6, 6.07) is 0. The highest BCUT2D eigenvalue weighted by atomic mass is 16.6. The fraction of sp³-hybridized carbons (Fsp3) is 0.833. The van der Waals surface area contributed by atoms with E-state index < -0.39 is 11.6 Å². The molecule has 1 saturated heterocycles. The van der Waals surface area contributed by atoms with E-state index in [1.165, 1.54) is 0 Å². The van der Waals surface area contributed by atoms with Crippen molar-refractivity contribution in [1.82, 2.24) is 4.90 Å². The molecule has 1 amide bonds. The molecule has 1 rings (SSSR count). The smallest absolute Gasteiger partial charge is 0.410 e. The van der Waals surface area contributed by atoms with Crippen molar-refractivity contribution in [2.45, 2.75) is 32.8 Å². The van der Waals surface area contributed by atoms with E-state index in [2.05, 4.69) is 0 Å². The van der Waals surface area contributed by atoms with Crippen molar-refractivity contribution in [2.75, 3.05) is 19.6 Å². The number of likely N-dealkylation sites (tertiary alicyclic amines) is 1. The van der Waals surface area contributed by atoms with Crippen molar-refractivity contribution >= 4 is 12.1 Å². The Labute approximate surface area is 107 Å². The number of carbonyl (C=O) groups is 2. The largest absolute Gasteiger partial charge is 0.481 e. The first-order valence-corrected chi connectivity index (χ1v) is 6.12. The van der Waals surface area contributed by atoms with E-state index in [4.69, 9.17) is 15.6 Å². The number of carboxylic acid groups (broad SMARTS) is 1. The highest BCUT2D eigenvalue weighted by molar-refractivity contribution is 5.69. The number of carboxylic acids is 1. The average molecular weight is 258 g/mol. The van der Waals surface area contributed by atoms with Gasteiger partial charge in [-0.1, -0.05) is 0 Å². The lowest BCUT2D eigenvalue weighted by Gasteiger charge is -2.43. The first-order chi connectivity index (χ1) is 8.23. The van der Waals surface area contributed by atoms with Crippen LogP contribution in [0.5, 0.6) is 0 Å². The van der Waals surface area contributed by atoms with Gasteiger partial charge in [-0.15, -0.1) is 0 Å². The number of ether oxygens (including phenoxy) is 1. The van der Waals surface area contributed by atoms with Crippen LogP contribution in [0.25, 0.3) is 0 Å². The number of carbonyl (C=O) groups excluding carboxylic acids is 1. The van der Waals surface area contributed by atoms with Crippen molar-refractivity contribution in [3.8, 4) is 0 Å². The van der Waals surface area contributed by atoms with Gasteiger partial charge in [-0.3, -0.25) is 4.79 Å². The van der Waals surface area contributed by atoms with Crippen LogP contribution in [0.4, 0.5) is 4.79 Å². The Morgan fingerprint density at radius 2 is 2.00 bits per heavy atom. The van der Waals surface area contributed by atoms with Gasteiger partial charge in [0, 0.05) is 19.5 Å².